The predicted molar refractivity (Wildman–Crippen MR) is 75.8 cm³/mol. The number of hydrogen-bond donors (Lipinski definition) is 1. The van der Waals surface area contributed by atoms with E-state index in [4.69, 9.17) is 0 Å². The fraction of sp³-hybridized carbons (Fsp3) is 1.00. The van der Waals surface area contributed by atoms with Gasteiger partial charge in [-0.05, 0) is 65.1 Å². The highest BCUT2D eigenvalue weighted by molar-refractivity contribution is 4.93. The maximum atomic E-state index is 3.92. The summed E-state index contributed by atoms with van der Waals surface area (Å²) in [5.74, 6) is 0.899. The van der Waals surface area contributed by atoms with Crippen molar-refractivity contribution in [1.82, 2.24) is 15.1 Å². The molecule has 0 bridgehead atoms. The number of nitrogens with zero attached hydrogens (tertiary/aromatic N) is 2. The first-order valence-electron chi connectivity index (χ1n) is 7.91. The second kappa shape index (κ2) is 5.48. The molecule has 0 aromatic rings. The molecule has 0 aromatic carbocycles. The van der Waals surface area contributed by atoms with Gasteiger partial charge in [-0.1, -0.05) is 0 Å². The van der Waals surface area contributed by atoms with Crippen molar-refractivity contribution < 1.29 is 0 Å². The molecule has 3 fully saturated rings. The maximum absolute atomic E-state index is 3.92. The quantitative estimate of drug-likeness (QED) is 0.818. The Hall–Kier alpha value is -0.120. The molecule has 3 rings (SSSR count). The first kappa shape index (κ1) is 12.9. The molecule has 104 valence electrons. The van der Waals surface area contributed by atoms with E-state index in [0.29, 0.717) is 6.04 Å². The Morgan fingerprint density at radius 1 is 1.00 bits per heavy atom. The molecular weight excluding hydrogens is 222 g/mol. The molecule has 0 radical (unpaired) electrons. The first-order valence-corrected chi connectivity index (χ1v) is 7.91. The van der Waals surface area contributed by atoms with Gasteiger partial charge in [0.15, 0.2) is 0 Å². The van der Waals surface area contributed by atoms with Crippen LogP contribution in [-0.4, -0.2) is 61.2 Å². The Morgan fingerprint density at radius 2 is 1.72 bits per heavy atom. The molecule has 18 heavy (non-hydrogen) atoms. The van der Waals surface area contributed by atoms with Crippen molar-refractivity contribution in [2.24, 2.45) is 5.92 Å². The van der Waals surface area contributed by atoms with Crippen LogP contribution in [0, 0.1) is 5.92 Å². The van der Waals surface area contributed by atoms with E-state index in [-0.39, 0.29) is 0 Å². The van der Waals surface area contributed by atoms with Crippen molar-refractivity contribution in [2.45, 2.75) is 57.2 Å². The van der Waals surface area contributed by atoms with Crippen LogP contribution >= 0.6 is 0 Å². The van der Waals surface area contributed by atoms with Gasteiger partial charge in [0.05, 0.1) is 0 Å². The number of rotatable bonds is 4. The fourth-order valence-corrected chi connectivity index (χ4v) is 3.73. The van der Waals surface area contributed by atoms with Crippen LogP contribution in [0.3, 0.4) is 0 Å². The van der Waals surface area contributed by atoms with Crippen LogP contribution in [0.5, 0.6) is 0 Å². The third-order valence-electron chi connectivity index (χ3n) is 5.25. The Morgan fingerprint density at radius 3 is 2.39 bits per heavy atom. The smallest absolute Gasteiger partial charge is 0.0209 e. The average Bonchev–Trinajstić information content (AvgIpc) is 3.11. The van der Waals surface area contributed by atoms with E-state index in [1.54, 1.807) is 0 Å². The highest BCUT2D eigenvalue weighted by atomic mass is 15.2. The van der Waals surface area contributed by atoms with Gasteiger partial charge in [-0.3, -0.25) is 4.90 Å². The van der Waals surface area contributed by atoms with Gasteiger partial charge in [0.2, 0.25) is 0 Å². The van der Waals surface area contributed by atoms with Crippen LogP contribution in [0.25, 0.3) is 0 Å². The minimum atomic E-state index is 0.711. The van der Waals surface area contributed by atoms with E-state index >= 15 is 0 Å². The summed E-state index contributed by atoms with van der Waals surface area (Å²) in [6.45, 7) is 7.63. The monoisotopic (exact) mass is 251 g/mol. The topological polar surface area (TPSA) is 18.5 Å². The Kier molecular flexibility index (Phi) is 3.92. The zero-order chi connectivity index (χ0) is 12.5. The molecule has 0 amide bonds. The van der Waals surface area contributed by atoms with Gasteiger partial charge in [0.1, 0.15) is 0 Å². The number of likely N-dealkylation sites (tertiary alicyclic amines) is 2. The molecule has 2 saturated heterocycles. The summed E-state index contributed by atoms with van der Waals surface area (Å²) in [7, 11) is 2.25. The zero-order valence-corrected chi connectivity index (χ0v) is 12.1. The van der Waals surface area contributed by atoms with Crippen molar-refractivity contribution in [2.75, 3.05) is 33.2 Å². The van der Waals surface area contributed by atoms with Crippen LogP contribution in [0.2, 0.25) is 0 Å². The molecule has 1 aliphatic carbocycles. The number of piperidine rings is 1. The molecule has 2 atom stereocenters. The van der Waals surface area contributed by atoms with Gasteiger partial charge >= 0.3 is 0 Å². The van der Waals surface area contributed by atoms with Crippen LogP contribution in [0.1, 0.15) is 39.0 Å². The predicted octanol–water partition coefficient (Wildman–Crippen LogP) is 1.54. The maximum Gasteiger partial charge on any atom is 0.0209 e. The lowest BCUT2D eigenvalue weighted by molar-refractivity contribution is 0.183. The summed E-state index contributed by atoms with van der Waals surface area (Å²) in [5, 5.41) is 3.92. The summed E-state index contributed by atoms with van der Waals surface area (Å²) < 4.78 is 0. The largest absolute Gasteiger partial charge is 0.310 e. The van der Waals surface area contributed by atoms with E-state index in [2.05, 4.69) is 29.1 Å². The molecule has 3 heteroatoms. The molecule has 3 aliphatic rings. The number of nitrogens with one attached hydrogen (secondary N) is 1. The van der Waals surface area contributed by atoms with Crippen molar-refractivity contribution >= 4 is 0 Å². The van der Waals surface area contributed by atoms with Crippen molar-refractivity contribution in [3.05, 3.63) is 0 Å². The summed E-state index contributed by atoms with van der Waals surface area (Å²) in [6, 6.07) is 2.43. The third kappa shape index (κ3) is 3.06. The average molecular weight is 251 g/mol. The Labute approximate surface area is 112 Å². The molecule has 0 aromatic heterocycles. The van der Waals surface area contributed by atoms with Gasteiger partial charge in [-0.15, -0.1) is 0 Å². The van der Waals surface area contributed by atoms with Crippen molar-refractivity contribution in [1.29, 1.82) is 0 Å². The summed E-state index contributed by atoms with van der Waals surface area (Å²) >= 11 is 0. The molecule has 2 aliphatic heterocycles. The highest BCUT2D eigenvalue weighted by Gasteiger charge is 2.35. The fourth-order valence-electron chi connectivity index (χ4n) is 3.73. The van der Waals surface area contributed by atoms with Gasteiger partial charge in [-0.2, -0.15) is 0 Å². The van der Waals surface area contributed by atoms with Gasteiger partial charge in [0.25, 0.3) is 0 Å². The standard InChI is InChI=1S/C15H29N3/c1-12(13-5-8-17(2)9-6-13)16-14-7-10-18(11-14)15-3-4-15/h12-16H,3-11H2,1-2H3. The molecule has 1 N–H and O–H groups in total. The second-order valence-corrected chi connectivity index (χ2v) is 6.81. The van der Waals surface area contributed by atoms with E-state index in [1.807, 2.05) is 0 Å². The second-order valence-electron chi connectivity index (χ2n) is 6.81. The van der Waals surface area contributed by atoms with Gasteiger partial charge in [-0.25, -0.2) is 0 Å². The van der Waals surface area contributed by atoms with Crippen LogP contribution in [0.15, 0.2) is 0 Å². The minimum absolute atomic E-state index is 0.711. The molecule has 0 spiro atoms. The van der Waals surface area contributed by atoms with Crippen LogP contribution in [-0.2, 0) is 0 Å². The van der Waals surface area contributed by atoms with Crippen molar-refractivity contribution in [3.8, 4) is 0 Å². The first-order chi connectivity index (χ1) is 8.72. The van der Waals surface area contributed by atoms with E-state index in [9.17, 15) is 0 Å². The Balaban J connectivity index is 1.42. The lowest BCUT2D eigenvalue weighted by Gasteiger charge is -2.34. The third-order valence-corrected chi connectivity index (χ3v) is 5.25. The SMILES string of the molecule is CC(NC1CCN(C2CC2)C1)C1CCN(C)CC1. The Bertz CT molecular complexity index is 269. The zero-order valence-electron chi connectivity index (χ0n) is 12.1. The van der Waals surface area contributed by atoms with E-state index in [0.717, 1.165) is 18.0 Å². The summed E-state index contributed by atoms with van der Waals surface area (Å²) in [4.78, 5) is 5.17. The highest BCUT2D eigenvalue weighted by Crippen LogP contribution is 2.30. The lowest BCUT2D eigenvalue weighted by atomic mass is 9.90. The molecule has 2 unspecified atom stereocenters. The molecule has 3 nitrogen and oxygen atoms in total. The molecular formula is C15H29N3. The summed E-state index contributed by atoms with van der Waals surface area (Å²) in [5.41, 5.74) is 0. The molecule has 2 heterocycles. The van der Waals surface area contributed by atoms with E-state index in [1.165, 1.54) is 58.3 Å². The summed E-state index contributed by atoms with van der Waals surface area (Å²) in [6.07, 6.45) is 7.04. The van der Waals surface area contributed by atoms with Crippen LogP contribution in [0.4, 0.5) is 0 Å². The normalized spacial score (nSPS) is 34.0. The van der Waals surface area contributed by atoms with Gasteiger partial charge < -0.3 is 10.2 Å². The van der Waals surface area contributed by atoms with Crippen molar-refractivity contribution in [3.63, 3.8) is 0 Å². The van der Waals surface area contributed by atoms with Crippen LogP contribution < -0.4 is 5.32 Å². The number of hydrogen-bond acceptors (Lipinski definition) is 3. The van der Waals surface area contributed by atoms with Gasteiger partial charge in [0, 0.05) is 31.2 Å². The lowest BCUT2D eigenvalue weighted by Crippen LogP contribution is -2.45. The van der Waals surface area contributed by atoms with E-state index < -0.39 is 0 Å². The molecule has 1 saturated carbocycles. The minimum Gasteiger partial charge on any atom is -0.310 e.